The van der Waals surface area contributed by atoms with E-state index in [2.05, 4.69) is 10.6 Å². The smallest absolute Gasteiger partial charge is 0.243 e. The van der Waals surface area contributed by atoms with Crippen LogP contribution in [-0.4, -0.2) is 57.6 Å². The highest BCUT2D eigenvalue weighted by atomic mass is 35.5. The lowest BCUT2D eigenvalue weighted by Crippen LogP contribution is -2.30. The van der Waals surface area contributed by atoms with E-state index in [1.165, 1.54) is 16.4 Å². The molecule has 1 aliphatic rings. The number of hydrogen-bond acceptors (Lipinski definition) is 6. The van der Waals surface area contributed by atoms with Gasteiger partial charge in [-0.15, -0.1) is 0 Å². The summed E-state index contributed by atoms with van der Waals surface area (Å²) in [6.07, 6.45) is 2.07. The molecular weight excluding hydrogens is 466 g/mol. The SMILES string of the molecule is CCN(CC)S(=O)(=O)c1ccc(NC(=O)CNc2cc(Cl)ccc2OCC2CCCO2)cc1. The lowest BCUT2D eigenvalue weighted by atomic mass is 10.2. The standard InChI is InChI=1S/C23H30ClN3O5S/c1-3-27(4-2)33(29,30)20-10-8-18(9-11-20)26-23(28)15-25-21-14-17(24)7-12-22(21)32-16-19-6-5-13-31-19/h7-12,14,19,25H,3-6,13,15-16H2,1-2H3,(H,26,28). The summed E-state index contributed by atoms with van der Waals surface area (Å²) in [7, 11) is -3.54. The fourth-order valence-corrected chi connectivity index (χ4v) is 5.16. The molecule has 2 aromatic rings. The fraction of sp³-hybridized carbons (Fsp3) is 0.435. The molecule has 1 heterocycles. The molecule has 2 aromatic carbocycles. The van der Waals surface area contributed by atoms with Crippen molar-refractivity contribution in [3.05, 3.63) is 47.5 Å². The average Bonchev–Trinajstić information content (AvgIpc) is 3.32. The summed E-state index contributed by atoms with van der Waals surface area (Å²) < 4.78 is 38.0. The molecule has 1 aliphatic heterocycles. The van der Waals surface area contributed by atoms with E-state index < -0.39 is 10.0 Å². The summed E-state index contributed by atoms with van der Waals surface area (Å²) in [4.78, 5) is 12.6. The van der Waals surface area contributed by atoms with E-state index in [4.69, 9.17) is 21.1 Å². The Morgan fingerprint density at radius 1 is 1.18 bits per heavy atom. The largest absolute Gasteiger partial charge is 0.489 e. The minimum absolute atomic E-state index is 0.0177. The summed E-state index contributed by atoms with van der Waals surface area (Å²) in [6, 6.07) is 11.3. The van der Waals surface area contributed by atoms with Gasteiger partial charge in [0.2, 0.25) is 15.9 Å². The van der Waals surface area contributed by atoms with Gasteiger partial charge in [0.05, 0.1) is 23.2 Å². The number of anilines is 2. The molecule has 0 bridgehead atoms. The number of nitrogens with one attached hydrogen (secondary N) is 2. The minimum atomic E-state index is -3.54. The summed E-state index contributed by atoms with van der Waals surface area (Å²) >= 11 is 6.11. The summed E-state index contributed by atoms with van der Waals surface area (Å²) in [5, 5.41) is 6.33. The Morgan fingerprint density at radius 3 is 2.55 bits per heavy atom. The van der Waals surface area contributed by atoms with Crippen LogP contribution in [0.2, 0.25) is 5.02 Å². The molecule has 2 N–H and O–H groups in total. The van der Waals surface area contributed by atoms with Crippen LogP contribution >= 0.6 is 11.6 Å². The summed E-state index contributed by atoms with van der Waals surface area (Å²) in [6.45, 7) is 5.55. The van der Waals surface area contributed by atoms with Crippen LogP contribution in [-0.2, 0) is 19.6 Å². The fourth-order valence-electron chi connectivity index (χ4n) is 3.53. The molecule has 10 heteroatoms. The molecule has 1 amide bonds. The monoisotopic (exact) mass is 495 g/mol. The van der Waals surface area contributed by atoms with Gasteiger partial charge in [0.15, 0.2) is 0 Å². The van der Waals surface area contributed by atoms with Crippen LogP contribution in [0.5, 0.6) is 5.75 Å². The zero-order chi connectivity index (χ0) is 23.8. The molecule has 0 radical (unpaired) electrons. The zero-order valence-electron chi connectivity index (χ0n) is 18.8. The number of halogens is 1. The Hall–Kier alpha value is -2.33. The van der Waals surface area contributed by atoms with E-state index in [0.29, 0.717) is 41.8 Å². The minimum Gasteiger partial charge on any atom is -0.489 e. The van der Waals surface area contributed by atoms with Crippen molar-refractivity contribution in [1.82, 2.24) is 4.31 Å². The number of amides is 1. The Bertz CT molecular complexity index is 1040. The molecule has 0 aliphatic carbocycles. The van der Waals surface area contributed by atoms with Crippen molar-refractivity contribution in [1.29, 1.82) is 0 Å². The van der Waals surface area contributed by atoms with Crippen LogP contribution in [0, 0.1) is 0 Å². The summed E-state index contributed by atoms with van der Waals surface area (Å²) in [5.74, 6) is 0.299. The van der Waals surface area contributed by atoms with Gasteiger partial charge in [-0.3, -0.25) is 4.79 Å². The van der Waals surface area contributed by atoms with Crippen molar-refractivity contribution in [3.8, 4) is 5.75 Å². The number of ether oxygens (including phenoxy) is 2. The Kier molecular flexibility index (Phi) is 8.96. The lowest BCUT2D eigenvalue weighted by molar-refractivity contribution is -0.114. The average molecular weight is 496 g/mol. The predicted octanol–water partition coefficient (Wildman–Crippen LogP) is 3.98. The van der Waals surface area contributed by atoms with Crippen LogP contribution in [0.25, 0.3) is 0 Å². The maximum Gasteiger partial charge on any atom is 0.243 e. The molecule has 1 saturated heterocycles. The van der Waals surface area contributed by atoms with Crippen molar-refractivity contribution < 1.29 is 22.7 Å². The molecule has 3 rings (SSSR count). The van der Waals surface area contributed by atoms with Gasteiger partial charge in [-0.25, -0.2) is 8.42 Å². The second-order valence-corrected chi connectivity index (χ2v) is 9.98. The van der Waals surface area contributed by atoms with E-state index in [1.807, 2.05) is 0 Å². The molecule has 1 atom stereocenters. The maximum atomic E-state index is 12.6. The Labute approximate surface area is 200 Å². The third-order valence-electron chi connectivity index (χ3n) is 5.31. The topological polar surface area (TPSA) is 97.0 Å². The molecule has 0 aromatic heterocycles. The van der Waals surface area contributed by atoms with E-state index in [-0.39, 0.29) is 23.5 Å². The van der Waals surface area contributed by atoms with Crippen LogP contribution in [0.3, 0.4) is 0 Å². The van der Waals surface area contributed by atoms with Gasteiger partial charge in [-0.05, 0) is 55.3 Å². The van der Waals surface area contributed by atoms with E-state index in [0.717, 1.165) is 19.4 Å². The Balaban J connectivity index is 1.57. The van der Waals surface area contributed by atoms with Gasteiger partial charge >= 0.3 is 0 Å². The number of sulfonamides is 1. The van der Waals surface area contributed by atoms with Crippen molar-refractivity contribution in [3.63, 3.8) is 0 Å². The van der Waals surface area contributed by atoms with Gasteiger partial charge in [0, 0.05) is 30.4 Å². The number of benzene rings is 2. The number of rotatable bonds is 11. The molecule has 0 spiro atoms. The maximum absolute atomic E-state index is 12.6. The third-order valence-corrected chi connectivity index (χ3v) is 7.61. The van der Waals surface area contributed by atoms with Gasteiger partial charge in [-0.1, -0.05) is 25.4 Å². The van der Waals surface area contributed by atoms with Crippen LogP contribution in [0.4, 0.5) is 11.4 Å². The Morgan fingerprint density at radius 2 is 1.91 bits per heavy atom. The number of carbonyl (C=O) groups excluding carboxylic acids is 1. The second kappa shape index (κ2) is 11.7. The van der Waals surface area contributed by atoms with Gasteiger partial charge in [-0.2, -0.15) is 4.31 Å². The molecule has 8 nitrogen and oxygen atoms in total. The number of hydrogen-bond donors (Lipinski definition) is 2. The van der Waals surface area contributed by atoms with E-state index in [9.17, 15) is 13.2 Å². The first-order valence-electron chi connectivity index (χ1n) is 11.0. The highest BCUT2D eigenvalue weighted by Crippen LogP contribution is 2.29. The number of nitrogens with zero attached hydrogens (tertiary/aromatic N) is 1. The van der Waals surface area contributed by atoms with Crippen LogP contribution in [0.1, 0.15) is 26.7 Å². The van der Waals surface area contributed by atoms with Gasteiger partial charge in [0.1, 0.15) is 12.4 Å². The molecule has 1 fully saturated rings. The van der Waals surface area contributed by atoms with Crippen molar-refractivity contribution >= 4 is 38.9 Å². The molecule has 0 saturated carbocycles. The molecular formula is C23H30ClN3O5S. The van der Waals surface area contributed by atoms with Gasteiger partial charge in [0.25, 0.3) is 0 Å². The van der Waals surface area contributed by atoms with Crippen LogP contribution in [0.15, 0.2) is 47.4 Å². The van der Waals surface area contributed by atoms with E-state index in [1.54, 1.807) is 44.2 Å². The predicted molar refractivity (Wildman–Crippen MR) is 130 cm³/mol. The summed E-state index contributed by atoms with van der Waals surface area (Å²) in [5.41, 5.74) is 1.11. The highest BCUT2D eigenvalue weighted by molar-refractivity contribution is 7.89. The van der Waals surface area contributed by atoms with Crippen molar-refractivity contribution in [2.24, 2.45) is 0 Å². The van der Waals surface area contributed by atoms with Gasteiger partial charge < -0.3 is 20.1 Å². The molecule has 180 valence electrons. The zero-order valence-corrected chi connectivity index (χ0v) is 20.4. The van der Waals surface area contributed by atoms with Crippen molar-refractivity contribution in [2.45, 2.75) is 37.7 Å². The quantitative estimate of drug-likeness (QED) is 0.489. The first kappa shape index (κ1) is 25.3. The van der Waals surface area contributed by atoms with Crippen LogP contribution < -0.4 is 15.4 Å². The normalized spacial score (nSPS) is 16.1. The lowest BCUT2D eigenvalue weighted by Gasteiger charge is -2.18. The van der Waals surface area contributed by atoms with Crippen molar-refractivity contribution in [2.75, 3.05) is 43.5 Å². The number of carbonyl (C=O) groups is 1. The first-order chi connectivity index (χ1) is 15.8. The second-order valence-electron chi connectivity index (χ2n) is 7.60. The third kappa shape index (κ3) is 6.83. The first-order valence-corrected chi connectivity index (χ1v) is 12.8. The van der Waals surface area contributed by atoms with E-state index >= 15 is 0 Å². The highest BCUT2D eigenvalue weighted by Gasteiger charge is 2.21. The molecule has 1 unspecified atom stereocenters. The molecule has 33 heavy (non-hydrogen) atoms.